The summed E-state index contributed by atoms with van der Waals surface area (Å²) in [5, 5.41) is 1.49. The maximum absolute atomic E-state index is 12.9. The van der Waals surface area contributed by atoms with Crippen LogP contribution in [0.1, 0.15) is 28.9 Å². The average molecular weight is 358 g/mol. The number of aryl methyl sites for hydroxylation is 1. The average Bonchev–Trinajstić information content (AvgIpc) is 3.45. The molecule has 1 saturated heterocycles. The first-order valence-corrected chi connectivity index (χ1v) is 9.06. The van der Waals surface area contributed by atoms with Crippen molar-refractivity contribution in [2.45, 2.75) is 19.8 Å². The van der Waals surface area contributed by atoms with E-state index < -0.39 is 0 Å². The Bertz CT molecular complexity index is 855. The van der Waals surface area contributed by atoms with Gasteiger partial charge in [0.15, 0.2) is 0 Å². The zero-order valence-corrected chi connectivity index (χ0v) is 14.9. The molecule has 0 bridgehead atoms. The summed E-state index contributed by atoms with van der Waals surface area (Å²) in [4.78, 5) is 33.3. The van der Waals surface area contributed by atoms with Crippen molar-refractivity contribution >= 4 is 34.3 Å². The fourth-order valence-electron chi connectivity index (χ4n) is 3.35. The molecule has 25 heavy (non-hydrogen) atoms. The van der Waals surface area contributed by atoms with E-state index in [0.29, 0.717) is 36.8 Å². The van der Waals surface area contributed by atoms with Crippen LogP contribution >= 0.6 is 11.6 Å². The van der Waals surface area contributed by atoms with Gasteiger partial charge in [0, 0.05) is 42.5 Å². The predicted octanol–water partition coefficient (Wildman–Crippen LogP) is 2.89. The summed E-state index contributed by atoms with van der Waals surface area (Å²) >= 11 is 6.05. The molecule has 2 amide bonds. The lowest BCUT2D eigenvalue weighted by Crippen LogP contribution is -2.51. The molecular formula is C19H20ClN3O2. The first kappa shape index (κ1) is 16.3. The minimum absolute atomic E-state index is 0.0228. The van der Waals surface area contributed by atoms with Gasteiger partial charge >= 0.3 is 0 Å². The molecule has 2 aliphatic rings. The highest BCUT2D eigenvalue weighted by Gasteiger charge is 2.35. The van der Waals surface area contributed by atoms with Crippen molar-refractivity contribution in [3.05, 3.63) is 40.5 Å². The number of hydrogen-bond donors (Lipinski definition) is 0. The monoisotopic (exact) mass is 357 g/mol. The summed E-state index contributed by atoms with van der Waals surface area (Å²) < 4.78 is 0. The predicted molar refractivity (Wildman–Crippen MR) is 96.7 cm³/mol. The molecule has 5 nitrogen and oxygen atoms in total. The third-order valence-corrected chi connectivity index (χ3v) is 5.24. The Balaban J connectivity index is 1.52. The Morgan fingerprint density at radius 1 is 1.08 bits per heavy atom. The van der Waals surface area contributed by atoms with E-state index in [-0.39, 0.29) is 17.7 Å². The molecule has 0 spiro atoms. The van der Waals surface area contributed by atoms with Gasteiger partial charge in [0.05, 0.1) is 16.8 Å². The molecule has 6 heteroatoms. The summed E-state index contributed by atoms with van der Waals surface area (Å²) in [6, 6.07) is 7.36. The quantitative estimate of drug-likeness (QED) is 0.830. The number of piperazine rings is 1. The van der Waals surface area contributed by atoms with Gasteiger partial charge in [-0.25, -0.2) is 0 Å². The van der Waals surface area contributed by atoms with E-state index in [2.05, 4.69) is 4.98 Å². The van der Waals surface area contributed by atoms with E-state index in [4.69, 9.17) is 11.6 Å². The number of rotatable bonds is 2. The highest BCUT2D eigenvalue weighted by molar-refractivity contribution is 6.31. The Hall–Kier alpha value is -2.14. The van der Waals surface area contributed by atoms with Crippen LogP contribution in [-0.2, 0) is 4.79 Å². The largest absolute Gasteiger partial charge is 0.339 e. The lowest BCUT2D eigenvalue weighted by Gasteiger charge is -2.35. The lowest BCUT2D eigenvalue weighted by atomic mass is 10.1. The van der Waals surface area contributed by atoms with Crippen molar-refractivity contribution in [1.82, 2.24) is 14.8 Å². The Kier molecular flexibility index (Phi) is 4.12. The molecule has 1 saturated carbocycles. The summed E-state index contributed by atoms with van der Waals surface area (Å²) in [6.07, 6.45) is 2.03. The second-order valence-electron chi connectivity index (χ2n) is 6.85. The minimum Gasteiger partial charge on any atom is -0.339 e. The fraction of sp³-hybridized carbons (Fsp3) is 0.421. The maximum atomic E-state index is 12.9. The van der Waals surface area contributed by atoms with E-state index in [1.165, 1.54) is 0 Å². The van der Waals surface area contributed by atoms with E-state index in [0.717, 1.165) is 29.4 Å². The number of pyridine rings is 1. The van der Waals surface area contributed by atoms with E-state index >= 15 is 0 Å². The van der Waals surface area contributed by atoms with Crippen LogP contribution in [0.3, 0.4) is 0 Å². The van der Waals surface area contributed by atoms with Gasteiger partial charge in [0.25, 0.3) is 5.91 Å². The van der Waals surface area contributed by atoms with Crippen molar-refractivity contribution in [2.75, 3.05) is 26.2 Å². The number of hydrogen-bond acceptors (Lipinski definition) is 3. The minimum atomic E-state index is -0.0228. The number of aromatic nitrogens is 1. The molecular weight excluding hydrogens is 338 g/mol. The molecule has 2 aromatic rings. The molecule has 0 atom stereocenters. The van der Waals surface area contributed by atoms with Gasteiger partial charge in [-0.3, -0.25) is 14.6 Å². The van der Waals surface area contributed by atoms with Crippen molar-refractivity contribution in [2.24, 2.45) is 5.92 Å². The van der Waals surface area contributed by atoms with Gasteiger partial charge < -0.3 is 9.80 Å². The number of carbonyl (C=O) groups is 2. The van der Waals surface area contributed by atoms with Gasteiger partial charge in [-0.15, -0.1) is 0 Å². The molecule has 1 aromatic carbocycles. The van der Waals surface area contributed by atoms with Crippen molar-refractivity contribution < 1.29 is 9.59 Å². The number of nitrogens with zero attached hydrogens (tertiary/aromatic N) is 3. The molecule has 1 aliphatic carbocycles. The van der Waals surface area contributed by atoms with Gasteiger partial charge in [-0.2, -0.15) is 0 Å². The fourth-order valence-corrected chi connectivity index (χ4v) is 3.53. The zero-order chi connectivity index (χ0) is 17.6. The molecule has 2 heterocycles. The van der Waals surface area contributed by atoms with Crippen LogP contribution in [-0.4, -0.2) is 52.8 Å². The number of fused-ring (bicyclic) bond motifs is 1. The highest BCUT2D eigenvalue weighted by Crippen LogP contribution is 2.31. The molecule has 1 aliphatic heterocycles. The summed E-state index contributed by atoms with van der Waals surface area (Å²) in [5.41, 5.74) is 2.16. The van der Waals surface area contributed by atoms with Crippen molar-refractivity contribution in [3.63, 3.8) is 0 Å². The van der Waals surface area contributed by atoms with Crippen LogP contribution in [0, 0.1) is 12.8 Å². The van der Waals surface area contributed by atoms with Gasteiger partial charge in [-0.1, -0.05) is 11.6 Å². The SMILES string of the molecule is Cc1nc2ccc(Cl)cc2cc1C(=O)N1CCN(C(=O)C2CC2)CC1. The maximum Gasteiger partial charge on any atom is 0.255 e. The van der Waals surface area contributed by atoms with Gasteiger partial charge in [0.2, 0.25) is 5.91 Å². The van der Waals surface area contributed by atoms with Crippen LogP contribution < -0.4 is 0 Å². The van der Waals surface area contributed by atoms with Crippen LogP contribution in [0.25, 0.3) is 10.9 Å². The number of benzene rings is 1. The number of carbonyl (C=O) groups excluding carboxylic acids is 2. The highest BCUT2D eigenvalue weighted by atomic mass is 35.5. The molecule has 130 valence electrons. The van der Waals surface area contributed by atoms with E-state index in [1.807, 2.05) is 34.9 Å². The molecule has 1 aromatic heterocycles. The molecule has 2 fully saturated rings. The van der Waals surface area contributed by atoms with E-state index in [1.54, 1.807) is 6.07 Å². The Labute approximate surface area is 151 Å². The number of halogens is 1. The standard InChI is InChI=1S/C19H20ClN3O2/c1-12-16(11-14-10-15(20)4-5-17(14)21-12)19(25)23-8-6-22(7-9-23)18(24)13-2-3-13/h4-5,10-11,13H,2-3,6-9H2,1H3. The smallest absolute Gasteiger partial charge is 0.255 e. The first-order valence-electron chi connectivity index (χ1n) is 8.68. The summed E-state index contributed by atoms with van der Waals surface area (Å²) in [7, 11) is 0. The van der Waals surface area contributed by atoms with E-state index in [9.17, 15) is 9.59 Å². The lowest BCUT2D eigenvalue weighted by molar-refractivity contribution is -0.134. The molecule has 4 rings (SSSR count). The second kappa shape index (κ2) is 6.30. The summed E-state index contributed by atoms with van der Waals surface area (Å²) in [5.74, 6) is 0.467. The van der Waals surface area contributed by atoms with Crippen LogP contribution in [0.5, 0.6) is 0 Å². The summed E-state index contributed by atoms with van der Waals surface area (Å²) in [6.45, 7) is 4.24. The Morgan fingerprint density at radius 2 is 1.76 bits per heavy atom. The van der Waals surface area contributed by atoms with Gasteiger partial charge in [-0.05, 0) is 44.0 Å². The Morgan fingerprint density at radius 3 is 2.44 bits per heavy atom. The first-order chi connectivity index (χ1) is 12.0. The van der Waals surface area contributed by atoms with Crippen LogP contribution in [0.2, 0.25) is 5.02 Å². The topological polar surface area (TPSA) is 53.5 Å². The van der Waals surface area contributed by atoms with Crippen molar-refractivity contribution in [1.29, 1.82) is 0 Å². The molecule has 0 radical (unpaired) electrons. The third kappa shape index (κ3) is 3.21. The van der Waals surface area contributed by atoms with Crippen molar-refractivity contribution in [3.8, 4) is 0 Å². The zero-order valence-electron chi connectivity index (χ0n) is 14.2. The molecule has 0 N–H and O–H groups in total. The number of amides is 2. The normalized spacial score (nSPS) is 17.8. The third-order valence-electron chi connectivity index (χ3n) is 5.00. The second-order valence-corrected chi connectivity index (χ2v) is 7.29. The van der Waals surface area contributed by atoms with Crippen LogP contribution in [0.15, 0.2) is 24.3 Å². The van der Waals surface area contributed by atoms with Gasteiger partial charge in [0.1, 0.15) is 0 Å². The molecule has 0 unspecified atom stereocenters. The van der Waals surface area contributed by atoms with Crippen LogP contribution in [0.4, 0.5) is 0 Å².